The van der Waals surface area contributed by atoms with Crippen molar-refractivity contribution in [1.29, 1.82) is 0 Å². The van der Waals surface area contributed by atoms with Crippen LogP contribution in [0.3, 0.4) is 0 Å². The van der Waals surface area contributed by atoms with Gasteiger partial charge in [0.2, 0.25) is 0 Å². The van der Waals surface area contributed by atoms with Gasteiger partial charge >= 0.3 is 12.0 Å². The SMILES string of the molecule is CCc1ccc(C2=CCN(C(=O)NC3CCC(C(=O)O)CC3)CC2)cc1. The number of hydrogen-bond acceptors (Lipinski definition) is 2. The third-order valence-electron chi connectivity index (χ3n) is 5.63. The Hall–Kier alpha value is -2.30. The highest BCUT2D eigenvalue weighted by Crippen LogP contribution is 2.26. The number of urea groups is 1. The maximum Gasteiger partial charge on any atom is 0.317 e. The van der Waals surface area contributed by atoms with Gasteiger partial charge in [0.25, 0.3) is 0 Å². The first-order chi connectivity index (χ1) is 12.6. The van der Waals surface area contributed by atoms with E-state index in [0.717, 1.165) is 32.2 Å². The largest absolute Gasteiger partial charge is 0.481 e. The van der Waals surface area contributed by atoms with E-state index in [4.69, 9.17) is 5.11 Å². The maximum atomic E-state index is 12.5. The van der Waals surface area contributed by atoms with Gasteiger partial charge in [-0.15, -0.1) is 0 Å². The summed E-state index contributed by atoms with van der Waals surface area (Å²) in [5.74, 6) is -0.960. The Morgan fingerprint density at radius 3 is 2.38 bits per heavy atom. The molecule has 1 fully saturated rings. The van der Waals surface area contributed by atoms with Crippen molar-refractivity contribution >= 4 is 17.6 Å². The molecule has 2 N–H and O–H groups in total. The van der Waals surface area contributed by atoms with Crippen LogP contribution in [-0.4, -0.2) is 41.1 Å². The Balaban J connectivity index is 1.50. The molecule has 0 saturated heterocycles. The molecule has 1 heterocycles. The Labute approximate surface area is 155 Å². The molecule has 26 heavy (non-hydrogen) atoms. The van der Waals surface area contributed by atoms with Gasteiger partial charge < -0.3 is 15.3 Å². The number of carbonyl (C=O) groups is 2. The van der Waals surface area contributed by atoms with Crippen LogP contribution in [0.5, 0.6) is 0 Å². The molecule has 0 aromatic heterocycles. The Kier molecular flexibility index (Phi) is 5.96. The van der Waals surface area contributed by atoms with Gasteiger partial charge in [-0.25, -0.2) is 4.79 Å². The summed E-state index contributed by atoms with van der Waals surface area (Å²) in [6.45, 7) is 3.50. The van der Waals surface area contributed by atoms with Crippen molar-refractivity contribution in [2.45, 2.75) is 51.5 Å². The third kappa shape index (κ3) is 4.45. The molecule has 5 heteroatoms. The summed E-state index contributed by atoms with van der Waals surface area (Å²) in [6.07, 6.45) is 6.86. The fraction of sp³-hybridized carbons (Fsp3) is 0.524. The van der Waals surface area contributed by atoms with Crippen LogP contribution in [0.1, 0.15) is 50.2 Å². The summed E-state index contributed by atoms with van der Waals surface area (Å²) in [7, 11) is 0. The molecule has 0 radical (unpaired) electrons. The van der Waals surface area contributed by atoms with Crippen molar-refractivity contribution in [2.24, 2.45) is 5.92 Å². The predicted molar refractivity (Wildman–Crippen MR) is 102 cm³/mol. The fourth-order valence-electron chi connectivity index (χ4n) is 3.82. The normalized spacial score (nSPS) is 23.3. The molecule has 1 aliphatic carbocycles. The van der Waals surface area contributed by atoms with Gasteiger partial charge in [0.05, 0.1) is 5.92 Å². The molecule has 1 aromatic carbocycles. The smallest absolute Gasteiger partial charge is 0.317 e. The lowest BCUT2D eigenvalue weighted by molar-refractivity contribution is -0.142. The van der Waals surface area contributed by atoms with Crippen molar-refractivity contribution in [3.63, 3.8) is 0 Å². The highest BCUT2D eigenvalue weighted by molar-refractivity contribution is 5.77. The second-order valence-electron chi connectivity index (χ2n) is 7.31. The van der Waals surface area contributed by atoms with E-state index < -0.39 is 5.97 Å². The molecule has 0 spiro atoms. The van der Waals surface area contributed by atoms with E-state index in [0.29, 0.717) is 19.4 Å². The number of nitrogens with one attached hydrogen (secondary N) is 1. The van der Waals surface area contributed by atoms with Crippen molar-refractivity contribution < 1.29 is 14.7 Å². The van der Waals surface area contributed by atoms with E-state index in [1.165, 1.54) is 16.7 Å². The van der Waals surface area contributed by atoms with E-state index in [2.05, 4.69) is 42.6 Å². The second kappa shape index (κ2) is 8.39. The minimum atomic E-state index is -0.713. The van der Waals surface area contributed by atoms with E-state index in [1.807, 2.05) is 4.90 Å². The molecule has 1 aromatic rings. The van der Waals surface area contributed by atoms with Crippen LogP contribution in [-0.2, 0) is 11.2 Å². The quantitative estimate of drug-likeness (QED) is 0.864. The summed E-state index contributed by atoms with van der Waals surface area (Å²) >= 11 is 0. The monoisotopic (exact) mass is 356 g/mol. The molecular weight excluding hydrogens is 328 g/mol. The van der Waals surface area contributed by atoms with Gasteiger partial charge in [-0.1, -0.05) is 37.3 Å². The van der Waals surface area contributed by atoms with Crippen molar-refractivity contribution in [2.75, 3.05) is 13.1 Å². The van der Waals surface area contributed by atoms with E-state index in [1.54, 1.807) is 0 Å². The average Bonchev–Trinajstić information content (AvgIpc) is 2.68. The lowest BCUT2D eigenvalue weighted by Gasteiger charge is -2.31. The Bertz CT molecular complexity index is 673. The zero-order valence-electron chi connectivity index (χ0n) is 15.4. The number of hydrogen-bond donors (Lipinski definition) is 2. The molecule has 140 valence electrons. The molecule has 1 saturated carbocycles. The molecule has 1 aliphatic heterocycles. The van der Waals surface area contributed by atoms with Crippen LogP contribution < -0.4 is 5.32 Å². The van der Waals surface area contributed by atoms with Crippen molar-refractivity contribution in [1.82, 2.24) is 10.2 Å². The number of carboxylic acids is 1. The van der Waals surface area contributed by atoms with Crippen LogP contribution in [0.15, 0.2) is 30.3 Å². The first-order valence-corrected chi connectivity index (χ1v) is 9.63. The molecule has 0 bridgehead atoms. The van der Waals surface area contributed by atoms with Gasteiger partial charge in [0.15, 0.2) is 0 Å². The number of amides is 2. The molecule has 2 amide bonds. The van der Waals surface area contributed by atoms with Crippen LogP contribution in [0.4, 0.5) is 4.79 Å². The topological polar surface area (TPSA) is 69.6 Å². The van der Waals surface area contributed by atoms with Crippen molar-refractivity contribution in [3.05, 3.63) is 41.5 Å². The van der Waals surface area contributed by atoms with E-state index in [-0.39, 0.29) is 18.0 Å². The molecule has 0 unspecified atom stereocenters. The summed E-state index contributed by atoms with van der Waals surface area (Å²) in [4.78, 5) is 25.3. The average molecular weight is 356 g/mol. The van der Waals surface area contributed by atoms with E-state index >= 15 is 0 Å². The number of carboxylic acid groups (broad SMARTS) is 1. The molecule has 5 nitrogen and oxygen atoms in total. The highest BCUT2D eigenvalue weighted by Gasteiger charge is 2.28. The number of nitrogens with zero attached hydrogens (tertiary/aromatic N) is 1. The van der Waals surface area contributed by atoms with Gasteiger partial charge in [-0.05, 0) is 55.2 Å². The van der Waals surface area contributed by atoms with Crippen LogP contribution in [0.25, 0.3) is 5.57 Å². The summed E-state index contributed by atoms with van der Waals surface area (Å²) in [5.41, 5.74) is 3.89. The highest BCUT2D eigenvalue weighted by atomic mass is 16.4. The molecule has 2 aliphatic rings. The Morgan fingerprint density at radius 2 is 1.85 bits per heavy atom. The lowest BCUT2D eigenvalue weighted by atomic mass is 9.86. The number of aliphatic carboxylic acids is 1. The minimum absolute atomic E-state index is 0.0274. The summed E-state index contributed by atoms with van der Waals surface area (Å²) in [5, 5.41) is 12.1. The van der Waals surface area contributed by atoms with E-state index in [9.17, 15) is 9.59 Å². The van der Waals surface area contributed by atoms with Crippen molar-refractivity contribution in [3.8, 4) is 0 Å². The van der Waals surface area contributed by atoms with Crippen LogP contribution in [0, 0.1) is 5.92 Å². The van der Waals surface area contributed by atoms with Gasteiger partial charge in [0, 0.05) is 19.1 Å². The van der Waals surface area contributed by atoms with Gasteiger partial charge in [-0.3, -0.25) is 4.79 Å². The number of aryl methyl sites for hydroxylation is 1. The van der Waals surface area contributed by atoms with Gasteiger partial charge in [-0.2, -0.15) is 0 Å². The Morgan fingerprint density at radius 1 is 1.15 bits per heavy atom. The zero-order valence-corrected chi connectivity index (χ0v) is 15.4. The number of rotatable bonds is 4. The van der Waals surface area contributed by atoms with Gasteiger partial charge in [0.1, 0.15) is 0 Å². The molecule has 0 atom stereocenters. The summed E-state index contributed by atoms with van der Waals surface area (Å²) in [6, 6.07) is 8.75. The standard InChI is InChI=1S/C21H28N2O3/c1-2-15-3-5-16(6-4-15)17-11-13-23(14-12-17)21(26)22-19-9-7-18(8-10-19)20(24)25/h3-6,11,18-19H,2,7-10,12-14H2,1H3,(H,22,26)(H,24,25). The first kappa shape index (κ1) is 18.5. The third-order valence-corrected chi connectivity index (χ3v) is 5.63. The first-order valence-electron chi connectivity index (χ1n) is 9.63. The second-order valence-corrected chi connectivity index (χ2v) is 7.31. The molecular formula is C21H28N2O3. The predicted octanol–water partition coefficient (Wildman–Crippen LogP) is 3.69. The number of benzene rings is 1. The summed E-state index contributed by atoms with van der Waals surface area (Å²) < 4.78 is 0. The number of carbonyl (C=O) groups excluding carboxylic acids is 1. The molecule has 3 rings (SSSR count). The zero-order chi connectivity index (χ0) is 18.5. The van der Waals surface area contributed by atoms with Crippen LogP contribution >= 0.6 is 0 Å². The lowest BCUT2D eigenvalue weighted by Crippen LogP contribution is -2.47. The van der Waals surface area contributed by atoms with Crippen LogP contribution in [0.2, 0.25) is 0 Å². The maximum absolute atomic E-state index is 12.5. The minimum Gasteiger partial charge on any atom is -0.481 e. The fourth-order valence-corrected chi connectivity index (χ4v) is 3.82.